The summed E-state index contributed by atoms with van der Waals surface area (Å²) in [6, 6.07) is 15.3. The lowest BCUT2D eigenvalue weighted by molar-refractivity contribution is 0.101. The third kappa shape index (κ3) is 3.11. The van der Waals surface area contributed by atoms with Crippen molar-refractivity contribution in [1.29, 1.82) is 0 Å². The molecular formula is C20H17N5O3. The highest BCUT2D eigenvalue weighted by atomic mass is 16.5. The molecule has 0 atom stereocenters. The first-order valence-electron chi connectivity index (χ1n) is 8.56. The normalized spacial score (nSPS) is 10.8. The van der Waals surface area contributed by atoms with Gasteiger partial charge in [0, 0.05) is 24.0 Å². The molecule has 0 radical (unpaired) electrons. The lowest BCUT2D eigenvalue weighted by Crippen LogP contribution is -2.24. The molecule has 3 aromatic heterocycles. The van der Waals surface area contributed by atoms with Gasteiger partial charge in [-0.2, -0.15) is 4.52 Å². The Hall–Kier alpha value is -3.94. The van der Waals surface area contributed by atoms with Gasteiger partial charge in [-0.25, -0.2) is 14.6 Å². The second-order valence-electron chi connectivity index (χ2n) is 6.11. The predicted molar refractivity (Wildman–Crippen MR) is 104 cm³/mol. The largest absolute Gasteiger partial charge is 0.497 e. The van der Waals surface area contributed by atoms with Crippen LogP contribution in [0.4, 0.5) is 5.82 Å². The summed E-state index contributed by atoms with van der Waals surface area (Å²) in [5.41, 5.74) is 1.73. The second-order valence-corrected chi connectivity index (χ2v) is 6.11. The van der Waals surface area contributed by atoms with Crippen molar-refractivity contribution in [2.45, 2.75) is 6.92 Å². The van der Waals surface area contributed by atoms with Gasteiger partial charge in [0.15, 0.2) is 5.65 Å². The summed E-state index contributed by atoms with van der Waals surface area (Å²) in [6.45, 7) is 1.84. The minimum absolute atomic E-state index is 0.254. The van der Waals surface area contributed by atoms with E-state index in [1.807, 2.05) is 19.1 Å². The summed E-state index contributed by atoms with van der Waals surface area (Å²) < 4.78 is 8.06. The Labute approximate surface area is 160 Å². The molecule has 0 spiro atoms. The van der Waals surface area contributed by atoms with Gasteiger partial charge in [0.1, 0.15) is 17.3 Å². The molecular weight excluding hydrogens is 358 g/mol. The maximum atomic E-state index is 13.0. The number of fused-ring (bicyclic) bond motifs is 1. The van der Waals surface area contributed by atoms with Crippen LogP contribution >= 0.6 is 0 Å². The number of aryl methyl sites for hydroxylation is 1. The number of rotatable bonds is 4. The molecule has 0 fully saturated rings. The minimum Gasteiger partial charge on any atom is -0.497 e. The number of nitrogens with zero attached hydrogens (tertiary/aromatic N) is 4. The molecule has 0 bridgehead atoms. The molecule has 0 saturated heterocycles. The van der Waals surface area contributed by atoms with E-state index < -0.39 is 5.91 Å². The first-order valence-corrected chi connectivity index (χ1v) is 8.56. The monoisotopic (exact) mass is 375 g/mol. The van der Waals surface area contributed by atoms with Crippen LogP contribution in [0.5, 0.6) is 5.75 Å². The summed E-state index contributed by atoms with van der Waals surface area (Å²) in [5.74, 6) is 0.691. The smallest absolute Gasteiger partial charge is 0.275 e. The number of pyridine rings is 1. The molecule has 0 aliphatic heterocycles. The fourth-order valence-corrected chi connectivity index (χ4v) is 2.94. The molecule has 140 valence electrons. The molecule has 4 aromatic rings. The molecule has 0 unspecified atom stereocenters. The number of methoxy groups -OCH3 is 1. The Balaban J connectivity index is 1.86. The standard InChI is InChI=1S/C20H17N5O3/c1-13-4-3-5-17(22-13)23-20(27)16-12-18-21-11-10-19(26)25(18)24(16)14-6-8-15(28-2)9-7-14/h3-12H,1-2H3,(H,22,23,27). The van der Waals surface area contributed by atoms with Crippen molar-refractivity contribution in [3.05, 3.63) is 82.5 Å². The number of hydrogen-bond donors (Lipinski definition) is 1. The Morgan fingerprint density at radius 2 is 1.89 bits per heavy atom. The summed E-state index contributed by atoms with van der Waals surface area (Å²) >= 11 is 0. The van der Waals surface area contributed by atoms with E-state index in [4.69, 9.17) is 4.74 Å². The number of aromatic nitrogens is 4. The molecule has 8 nitrogen and oxygen atoms in total. The van der Waals surface area contributed by atoms with Crippen molar-refractivity contribution in [1.82, 2.24) is 19.2 Å². The van der Waals surface area contributed by atoms with Crippen LogP contribution < -0.4 is 15.6 Å². The van der Waals surface area contributed by atoms with Crippen LogP contribution in [0.3, 0.4) is 0 Å². The van der Waals surface area contributed by atoms with Crippen molar-refractivity contribution >= 4 is 17.4 Å². The molecule has 0 saturated carbocycles. The molecule has 1 N–H and O–H groups in total. The molecule has 8 heteroatoms. The van der Waals surface area contributed by atoms with Gasteiger partial charge >= 0.3 is 0 Å². The number of ether oxygens (including phenoxy) is 1. The maximum Gasteiger partial charge on any atom is 0.275 e. The third-order valence-electron chi connectivity index (χ3n) is 4.22. The number of nitrogens with one attached hydrogen (secondary N) is 1. The molecule has 0 aliphatic rings. The molecule has 1 aromatic carbocycles. The number of benzene rings is 1. The van der Waals surface area contributed by atoms with Gasteiger partial charge in [0.05, 0.1) is 12.8 Å². The van der Waals surface area contributed by atoms with E-state index in [1.165, 1.54) is 21.5 Å². The third-order valence-corrected chi connectivity index (χ3v) is 4.22. The lowest BCUT2D eigenvalue weighted by atomic mass is 10.3. The van der Waals surface area contributed by atoms with Crippen LogP contribution in [-0.2, 0) is 0 Å². The molecule has 3 heterocycles. The van der Waals surface area contributed by atoms with Gasteiger partial charge in [0.25, 0.3) is 11.5 Å². The first kappa shape index (κ1) is 17.5. The first-order chi connectivity index (χ1) is 13.6. The van der Waals surface area contributed by atoms with E-state index in [-0.39, 0.29) is 11.3 Å². The average Bonchev–Trinajstić information content (AvgIpc) is 3.09. The highest BCUT2D eigenvalue weighted by molar-refractivity contribution is 6.03. The van der Waals surface area contributed by atoms with Crippen LogP contribution in [0.15, 0.2) is 65.6 Å². The SMILES string of the molecule is COc1ccc(-n2c(C(=O)Nc3cccc(C)n3)cc3nccc(=O)n32)cc1. The van der Waals surface area contributed by atoms with E-state index in [0.29, 0.717) is 22.9 Å². The zero-order valence-electron chi connectivity index (χ0n) is 15.3. The van der Waals surface area contributed by atoms with Gasteiger partial charge < -0.3 is 10.1 Å². The van der Waals surface area contributed by atoms with Gasteiger partial charge in [-0.15, -0.1) is 0 Å². The van der Waals surface area contributed by atoms with Gasteiger partial charge in [0.2, 0.25) is 0 Å². The molecule has 28 heavy (non-hydrogen) atoms. The van der Waals surface area contributed by atoms with Crippen molar-refractivity contribution in [2.24, 2.45) is 0 Å². The molecule has 4 rings (SSSR count). The number of carbonyl (C=O) groups excluding carboxylic acids is 1. The summed E-state index contributed by atoms with van der Waals surface area (Å²) in [5, 5.41) is 2.77. The Bertz CT molecular complexity index is 1220. The topological polar surface area (TPSA) is 90.5 Å². The number of carbonyl (C=O) groups is 1. The average molecular weight is 375 g/mol. The molecule has 0 aliphatic carbocycles. The zero-order chi connectivity index (χ0) is 19.7. The Morgan fingerprint density at radius 3 is 2.61 bits per heavy atom. The Morgan fingerprint density at radius 1 is 1.11 bits per heavy atom. The fourth-order valence-electron chi connectivity index (χ4n) is 2.94. The fraction of sp³-hybridized carbons (Fsp3) is 0.100. The van der Waals surface area contributed by atoms with E-state index >= 15 is 0 Å². The highest BCUT2D eigenvalue weighted by Gasteiger charge is 2.19. The Kier molecular flexibility index (Phi) is 4.36. The van der Waals surface area contributed by atoms with Gasteiger partial charge in [-0.3, -0.25) is 9.59 Å². The summed E-state index contributed by atoms with van der Waals surface area (Å²) in [4.78, 5) is 34.0. The zero-order valence-corrected chi connectivity index (χ0v) is 15.3. The van der Waals surface area contributed by atoms with E-state index in [0.717, 1.165) is 5.69 Å². The number of hydrogen-bond acceptors (Lipinski definition) is 5. The van der Waals surface area contributed by atoms with E-state index in [2.05, 4.69) is 15.3 Å². The van der Waals surface area contributed by atoms with Crippen LogP contribution in [0.25, 0.3) is 11.3 Å². The predicted octanol–water partition coefficient (Wildman–Crippen LogP) is 2.45. The maximum absolute atomic E-state index is 13.0. The van der Waals surface area contributed by atoms with Crippen LogP contribution in [0.2, 0.25) is 0 Å². The number of amides is 1. The summed E-state index contributed by atoms with van der Waals surface area (Å²) in [7, 11) is 1.57. The van der Waals surface area contributed by atoms with Crippen LogP contribution in [0, 0.1) is 6.92 Å². The highest BCUT2D eigenvalue weighted by Crippen LogP contribution is 2.19. The number of anilines is 1. The van der Waals surface area contributed by atoms with E-state index in [9.17, 15) is 9.59 Å². The van der Waals surface area contributed by atoms with Gasteiger partial charge in [-0.05, 0) is 43.3 Å². The van der Waals surface area contributed by atoms with E-state index in [1.54, 1.807) is 43.5 Å². The second kappa shape index (κ2) is 6.99. The minimum atomic E-state index is -0.404. The van der Waals surface area contributed by atoms with Crippen molar-refractivity contribution in [2.75, 3.05) is 12.4 Å². The quantitative estimate of drug-likeness (QED) is 0.592. The molecule has 1 amide bonds. The van der Waals surface area contributed by atoms with Crippen molar-refractivity contribution in [3.8, 4) is 11.4 Å². The lowest BCUT2D eigenvalue weighted by Gasteiger charge is -2.11. The van der Waals surface area contributed by atoms with Crippen LogP contribution in [0.1, 0.15) is 16.2 Å². The van der Waals surface area contributed by atoms with Crippen molar-refractivity contribution < 1.29 is 9.53 Å². The summed E-state index contributed by atoms with van der Waals surface area (Å²) in [6.07, 6.45) is 1.42. The van der Waals surface area contributed by atoms with Crippen LogP contribution in [-0.4, -0.2) is 32.2 Å². The van der Waals surface area contributed by atoms with Gasteiger partial charge in [-0.1, -0.05) is 6.07 Å². The van der Waals surface area contributed by atoms with Crippen molar-refractivity contribution in [3.63, 3.8) is 0 Å².